The molecule has 0 aliphatic heterocycles. The molecule has 0 radical (unpaired) electrons. The number of halogens is 1. The van der Waals surface area contributed by atoms with Crippen LogP contribution in [0.2, 0.25) is 5.02 Å². The Morgan fingerprint density at radius 3 is 2.57 bits per heavy atom. The van der Waals surface area contributed by atoms with E-state index in [0.29, 0.717) is 22.0 Å². The SMILES string of the molecule is CN(c1cccc(Cl)c1/C(N)=N/O)C1CCC(C)(C)CC1. The lowest BCUT2D eigenvalue weighted by Crippen LogP contribution is -2.38. The van der Waals surface area contributed by atoms with Crippen LogP contribution in [-0.2, 0) is 0 Å². The number of oxime groups is 1. The molecule has 0 atom stereocenters. The molecule has 0 heterocycles. The second-order valence-corrected chi connectivity index (χ2v) is 7.03. The van der Waals surface area contributed by atoms with Gasteiger partial charge < -0.3 is 15.8 Å². The first-order chi connectivity index (χ1) is 9.85. The highest BCUT2D eigenvalue weighted by Crippen LogP contribution is 2.38. The molecule has 0 unspecified atom stereocenters. The van der Waals surface area contributed by atoms with Crippen LogP contribution >= 0.6 is 11.6 Å². The van der Waals surface area contributed by atoms with Gasteiger partial charge in [0.15, 0.2) is 5.84 Å². The van der Waals surface area contributed by atoms with Crippen molar-refractivity contribution in [2.24, 2.45) is 16.3 Å². The third-order valence-corrected chi connectivity index (χ3v) is 4.91. The largest absolute Gasteiger partial charge is 0.409 e. The van der Waals surface area contributed by atoms with Gasteiger partial charge in [0, 0.05) is 18.8 Å². The molecule has 1 saturated carbocycles. The zero-order valence-corrected chi connectivity index (χ0v) is 13.7. The lowest BCUT2D eigenvalue weighted by Gasteiger charge is -2.40. The second kappa shape index (κ2) is 6.14. The fourth-order valence-electron chi connectivity index (χ4n) is 3.08. The minimum absolute atomic E-state index is 0.0542. The molecule has 0 spiro atoms. The number of nitrogens with two attached hydrogens (primary N) is 1. The van der Waals surface area contributed by atoms with Crippen LogP contribution in [0.5, 0.6) is 0 Å². The van der Waals surface area contributed by atoms with Gasteiger partial charge in [0.25, 0.3) is 0 Å². The fourth-order valence-corrected chi connectivity index (χ4v) is 3.34. The highest BCUT2D eigenvalue weighted by molar-refractivity contribution is 6.34. The summed E-state index contributed by atoms with van der Waals surface area (Å²) in [7, 11) is 2.06. The average molecular weight is 310 g/mol. The van der Waals surface area contributed by atoms with Gasteiger partial charge in [-0.25, -0.2) is 0 Å². The van der Waals surface area contributed by atoms with Crippen molar-refractivity contribution in [3.05, 3.63) is 28.8 Å². The Morgan fingerprint density at radius 2 is 2.00 bits per heavy atom. The number of anilines is 1. The van der Waals surface area contributed by atoms with Crippen LogP contribution in [0.4, 0.5) is 5.69 Å². The normalized spacial score (nSPS) is 19.5. The minimum Gasteiger partial charge on any atom is -0.409 e. The standard InChI is InChI=1S/C16H24ClN3O/c1-16(2)9-7-11(8-10-16)20(3)13-6-4-5-12(17)14(13)15(18)19-21/h4-6,11,21H,7-10H2,1-3H3,(H2,18,19). The average Bonchev–Trinajstić information content (AvgIpc) is 2.45. The van der Waals surface area contributed by atoms with E-state index in [9.17, 15) is 0 Å². The molecule has 5 heteroatoms. The second-order valence-electron chi connectivity index (χ2n) is 6.63. The molecule has 0 amide bonds. The molecule has 21 heavy (non-hydrogen) atoms. The number of hydrogen-bond donors (Lipinski definition) is 2. The number of amidine groups is 1. The van der Waals surface area contributed by atoms with Crippen molar-refractivity contribution < 1.29 is 5.21 Å². The molecule has 1 aliphatic carbocycles. The summed E-state index contributed by atoms with van der Waals surface area (Å²) >= 11 is 6.23. The van der Waals surface area contributed by atoms with Crippen LogP contribution in [0.15, 0.2) is 23.4 Å². The topological polar surface area (TPSA) is 61.8 Å². The van der Waals surface area contributed by atoms with E-state index in [-0.39, 0.29) is 5.84 Å². The van der Waals surface area contributed by atoms with Gasteiger partial charge in [-0.15, -0.1) is 0 Å². The van der Waals surface area contributed by atoms with Gasteiger partial charge in [0.2, 0.25) is 0 Å². The van der Waals surface area contributed by atoms with Crippen molar-refractivity contribution in [2.75, 3.05) is 11.9 Å². The van der Waals surface area contributed by atoms with Gasteiger partial charge in [-0.2, -0.15) is 0 Å². The predicted molar refractivity (Wildman–Crippen MR) is 88.4 cm³/mol. The van der Waals surface area contributed by atoms with Gasteiger partial charge in [0.1, 0.15) is 0 Å². The molecule has 0 saturated heterocycles. The van der Waals surface area contributed by atoms with Crippen LogP contribution in [0, 0.1) is 5.41 Å². The molecule has 0 aromatic heterocycles. The zero-order valence-electron chi connectivity index (χ0n) is 12.9. The van der Waals surface area contributed by atoms with Crippen molar-refractivity contribution in [2.45, 2.75) is 45.6 Å². The minimum atomic E-state index is 0.0542. The van der Waals surface area contributed by atoms with Gasteiger partial charge in [-0.3, -0.25) is 0 Å². The highest BCUT2D eigenvalue weighted by Gasteiger charge is 2.30. The summed E-state index contributed by atoms with van der Waals surface area (Å²) in [6.45, 7) is 4.65. The quantitative estimate of drug-likeness (QED) is 0.386. The summed E-state index contributed by atoms with van der Waals surface area (Å²) in [6.07, 6.45) is 4.71. The maximum atomic E-state index is 8.98. The van der Waals surface area contributed by atoms with Crippen LogP contribution in [0.1, 0.15) is 45.1 Å². The number of rotatable bonds is 3. The van der Waals surface area contributed by atoms with Crippen molar-refractivity contribution in [3.8, 4) is 0 Å². The molecular formula is C16H24ClN3O. The van der Waals surface area contributed by atoms with Gasteiger partial charge in [-0.05, 0) is 43.2 Å². The van der Waals surface area contributed by atoms with Crippen molar-refractivity contribution in [3.63, 3.8) is 0 Å². The molecule has 116 valence electrons. The van der Waals surface area contributed by atoms with Gasteiger partial charge in [0.05, 0.1) is 10.6 Å². The van der Waals surface area contributed by atoms with Gasteiger partial charge in [-0.1, -0.05) is 36.7 Å². The Morgan fingerprint density at radius 1 is 1.38 bits per heavy atom. The van der Waals surface area contributed by atoms with Crippen molar-refractivity contribution in [1.29, 1.82) is 0 Å². The summed E-state index contributed by atoms with van der Waals surface area (Å²) in [4.78, 5) is 2.22. The Labute approximate surface area is 131 Å². The summed E-state index contributed by atoms with van der Waals surface area (Å²) in [6, 6.07) is 6.09. The fraction of sp³-hybridized carbons (Fsp3) is 0.562. The monoisotopic (exact) mass is 309 g/mol. The Hall–Kier alpha value is -1.42. The molecule has 1 aromatic rings. The third-order valence-electron chi connectivity index (χ3n) is 4.59. The van der Waals surface area contributed by atoms with Crippen molar-refractivity contribution in [1.82, 2.24) is 0 Å². The maximum absolute atomic E-state index is 8.98. The van der Waals surface area contributed by atoms with E-state index in [4.69, 9.17) is 22.5 Å². The molecule has 1 aliphatic rings. The molecule has 3 N–H and O–H groups in total. The predicted octanol–water partition coefficient (Wildman–Crippen LogP) is 3.84. The first kappa shape index (κ1) is 16.0. The Bertz CT molecular complexity index is 532. The smallest absolute Gasteiger partial charge is 0.173 e. The number of nitrogens with zero attached hydrogens (tertiary/aromatic N) is 2. The first-order valence-corrected chi connectivity index (χ1v) is 7.73. The Kier molecular flexibility index (Phi) is 4.67. The van der Waals surface area contributed by atoms with Crippen LogP contribution < -0.4 is 10.6 Å². The molecule has 2 rings (SSSR count). The van der Waals surface area contributed by atoms with Crippen LogP contribution in [0.25, 0.3) is 0 Å². The van der Waals surface area contributed by atoms with E-state index in [1.807, 2.05) is 12.1 Å². The molecular weight excluding hydrogens is 286 g/mol. The summed E-state index contributed by atoms with van der Waals surface area (Å²) in [5.41, 5.74) is 7.75. The molecule has 0 bridgehead atoms. The van der Waals surface area contributed by atoms with E-state index in [1.54, 1.807) is 6.07 Å². The lowest BCUT2D eigenvalue weighted by molar-refractivity contribution is 0.222. The number of benzene rings is 1. The van der Waals surface area contributed by atoms with Crippen molar-refractivity contribution >= 4 is 23.1 Å². The van der Waals surface area contributed by atoms with Gasteiger partial charge >= 0.3 is 0 Å². The third kappa shape index (κ3) is 3.43. The van der Waals surface area contributed by atoms with E-state index < -0.39 is 0 Å². The molecule has 1 fully saturated rings. The highest BCUT2D eigenvalue weighted by atomic mass is 35.5. The van der Waals surface area contributed by atoms with Crippen LogP contribution in [-0.4, -0.2) is 24.1 Å². The molecule has 4 nitrogen and oxygen atoms in total. The van der Waals surface area contributed by atoms with Crippen LogP contribution in [0.3, 0.4) is 0 Å². The molecule has 1 aromatic carbocycles. The van der Waals surface area contributed by atoms with E-state index in [0.717, 1.165) is 18.5 Å². The summed E-state index contributed by atoms with van der Waals surface area (Å²) in [5.74, 6) is 0.0542. The van der Waals surface area contributed by atoms with E-state index >= 15 is 0 Å². The summed E-state index contributed by atoms with van der Waals surface area (Å²) in [5, 5.41) is 12.6. The maximum Gasteiger partial charge on any atom is 0.173 e. The van der Waals surface area contributed by atoms with E-state index in [2.05, 4.69) is 31.0 Å². The zero-order chi connectivity index (χ0) is 15.6. The first-order valence-electron chi connectivity index (χ1n) is 7.35. The summed E-state index contributed by atoms with van der Waals surface area (Å²) < 4.78 is 0. The Balaban J connectivity index is 2.28. The van der Waals surface area contributed by atoms with E-state index in [1.165, 1.54) is 12.8 Å². The lowest BCUT2D eigenvalue weighted by atomic mass is 9.75. The number of hydrogen-bond acceptors (Lipinski definition) is 3.